The molecule has 0 fully saturated rings. The Morgan fingerprint density at radius 3 is 2.79 bits per heavy atom. The molecule has 0 saturated carbocycles. The maximum atomic E-state index is 8.92. The highest BCUT2D eigenvalue weighted by molar-refractivity contribution is 7.20. The average Bonchev–Trinajstić information content (AvgIpc) is 2.68. The van der Waals surface area contributed by atoms with Crippen LogP contribution in [0.4, 0.5) is 0 Å². The van der Waals surface area contributed by atoms with Gasteiger partial charge in [0.05, 0.1) is 5.69 Å². The minimum absolute atomic E-state index is 0.513. The van der Waals surface area contributed by atoms with Crippen molar-refractivity contribution in [2.45, 2.75) is 0 Å². The number of hydrogen-bond donors (Lipinski definition) is 2. The first-order valence-electron chi connectivity index (χ1n) is 3.98. The monoisotopic (exact) mass is 206 g/mol. The minimum atomic E-state index is -1.41. The van der Waals surface area contributed by atoms with Crippen molar-refractivity contribution in [2.24, 2.45) is 0 Å². The van der Waals surface area contributed by atoms with Crippen LogP contribution in [-0.2, 0) is 0 Å². The van der Waals surface area contributed by atoms with Crippen LogP contribution in [0.3, 0.4) is 0 Å². The molecule has 0 radical (unpaired) electrons. The second-order valence-corrected chi connectivity index (χ2v) is 3.65. The van der Waals surface area contributed by atoms with E-state index in [0.29, 0.717) is 4.78 Å². The summed E-state index contributed by atoms with van der Waals surface area (Å²) < 4.78 is 0.513. The van der Waals surface area contributed by atoms with Crippen molar-refractivity contribution in [3.05, 3.63) is 30.0 Å². The molecule has 2 aromatic rings. The summed E-state index contributed by atoms with van der Waals surface area (Å²) >= 11 is 1.29. The minimum Gasteiger partial charge on any atom is -0.423 e. The first-order valence-corrected chi connectivity index (χ1v) is 4.86. The van der Waals surface area contributed by atoms with E-state index in [1.54, 1.807) is 18.3 Å². The molecule has 2 rings (SSSR count). The Bertz CT molecular complexity index is 418. The number of thiophene rings is 1. The highest BCUT2D eigenvalue weighted by Crippen LogP contribution is 2.17. The molecule has 2 N–H and O–H groups in total. The fraction of sp³-hybridized carbons (Fsp3) is 0. The quantitative estimate of drug-likeness (QED) is 0.672. The van der Waals surface area contributed by atoms with Crippen molar-refractivity contribution in [1.82, 2.24) is 9.97 Å². The number of hydrogen-bond acceptors (Lipinski definition) is 5. The topological polar surface area (TPSA) is 66.2 Å². The van der Waals surface area contributed by atoms with Crippen molar-refractivity contribution < 1.29 is 10.0 Å². The Hall–Kier alpha value is -1.24. The summed E-state index contributed by atoms with van der Waals surface area (Å²) in [5.74, 6) is 0. The molecule has 0 saturated heterocycles. The summed E-state index contributed by atoms with van der Waals surface area (Å²) in [5.41, 5.74) is 1.66. The molecule has 4 nitrogen and oxygen atoms in total. The van der Waals surface area contributed by atoms with Crippen molar-refractivity contribution in [2.75, 3.05) is 0 Å². The molecule has 0 aromatic carbocycles. The normalized spacial score (nSPS) is 10.1. The second-order valence-electron chi connectivity index (χ2n) is 2.71. The van der Waals surface area contributed by atoms with Crippen LogP contribution in [0.1, 0.15) is 0 Å². The van der Waals surface area contributed by atoms with Crippen LogP contribution in [0.25, 0.3) is 11.3 Å². The summed E-state index contributed by atoms with van der Waals surface area (Å²) in [6.45, 7) is 0. The van der Waals surface area contributed by atoms with Crippen molar-refractivity contribution in [3.63, 3.8) is 0 Å². The predicted octanol–water partition coefficient (Wildman–Crippen LogP) is -0.115. The van der Waals surface area contributed by atoms with Gasteiger partial charge in [-0.1, -0.05) is 0 Å². The predicted molar refractivity (Wildman–Crippen MR) is 55.2 cm³/mol. The van der Waals surface area contributed by atoms with Crippen LogP contribution >= 0.6 is 11.3 Å². The van der Waals surface area contributed by atoms with Crippen LogP contribution in [0.15, 0.2) is 30.0 Å². The molecule has 2 heterocycles. The maximum absolute atomic E-state index is 8.92. The maximum Gasteiger partial charge on any atom is 0.499 e. The third-order valence-electron chi connectivity index (χ3n) is 1.75. The van der Waals surface area contributed by atoms with E-state index in [1.807, 2.05) is 5.38 Å². The standard InChI is InChI=1S/C8H7BN2O2S/c12-9(13)8-3-6(4-14-8)7-1-2-10-5-11-7/h1-5,12-13H. The third kappa shape index (κ3) is 1.82. The van der Waals surface area contributed by atoms with Crippen LogP contribution in [-0.4, -0.2) is 27.1 Å². The van der Waals surface area contributed by atoms with Gasteiger partial charge < -0.3 is 10.0 Å². The zero-order valence-corrected chi connectivity index (χ0v) is 7.98. The Labute approximate surface area is 85.0 Å². The fourth-order valence-electron chi connectivity index (χ4n) is 1.08. The molecule has 2 aromatic heterocycles. The first-order chi connectivity index (χ1) is 6.77. The summed E-state index contributed by atoms with van der Waals surface area (Å²) in [7, 11) is -1.41. The number of nitrogens with zero attached hydrogens (tertiary/aromatic N) is 2. The first kappa shape index (κ1) is 9.33. The summed E-state index contributed by atoms with van der Waals surface area (Å²) in [4.78, 5) is 7.86. The summed E-state index contributed by atoms with van der Waals surface area (Å²) in [6.07, 6.45) is 3.11. The molecule has 0 atom stereocenters. The lowest BCUT2D eigenvalue weighted by atomic mass is 9.89. The molecule has 0 bridgehead atoms. The van der Waals surface area contributed by atoms with Gasteiger partial charge in [-0.15, -0.1) is 0 Å². The molecule has 0 aliphatic carbocycles. The van der Waals surface area contributed by atoms with Gasteiger partial charge >= 0.3 is 7.12 Å². The van der Waals surface area contributed by atoms with Crippen LogP contribution < -0.4 is 4.78 Å². The Morgan fingerprint density at radius 2 is 2.21 bits per heavy atom. The van der Waals surface area contributed by atoms with Gasteiger partial charge in [-0.25, -0.2) is 9.97 Å². The van der Waals surface area contributed by atoms with E-state index in [4.69, 9.17) is 10.0 Å². The SMILES string of the molecule is OB(O)c1cc(-c2ccncn2)cs1. The molecule has 0 amide bonds. The van der Waals surface area contributed by atoms with E-state index in [9.17, 15) is 0 Å². The van der Waals surface area contributed by atoms with E-state index in [-0.39, 0.29) is 0 Å². The Morgan fingerprint density at radius 1 is 1.36 bits per heavy atom. The number of aromatic nitrogens is 2. The van der Waals surface area contributed by atoms with Gasteiger partial charge in [0.15, 0.2) is 0 Å². The van der Waals surface area contributed by atoms with Crippen molar-refractivity contribution in [3.8, 4) is 11.3 Å². The van der Waals surface area contributed by atoms with Gasteiger partial charge in [-0.05, 0) is 17.5 Å². The van der Waals surface area contributed by atoms with Crippen molar-refractivity contribution >= 4 is 23.2 Å². The van der Waals surface area contributed by atoms with Gasteiger partial charge in [0, 0.05) is 16.5 Å². The molecule has 6 heteroatoms. The molecule has 0 aliphatic rings. The largest absolute Gasteiger partial charge is 0.499 e. The molecule has 14 heavy (non-hydrogen) atoms. The fourth-order valence-corrected chi connectivity index (χ4v) is 1.85. The van der Waals surface area contributed by atoms with E-state index < -0.39 is 7.12 Å². The molecular formula is C8H7BN2O2S. The summed E-state index contributed by atoms with van der Waals surface area (Å²) in [6, 6.07) is 3.48. The van der Waals surface area contributed by atoms with Crippen LogP contribution in [0.2, 0.25) is 0 Å². The van der Waals surface area contributed by atoms with Gasteiger partial charge in [-0.2, -0.15) is 11.3 Å². The van der Waals surface area contributed by atoms with Crippen LogP contribution in [0, 0.1) is 0 Å². The lowest BCUT2D eigenvalue weighted by Gasteiger charge is -1.93. The van der Waals surface area contributed by atoms with E-state index in [2.05, 4.69) is 9.97 Å². The average molecular weight is 206 g/mol. The van der Waals surface area contributed by atoms with E-state index >= 15 is 0 Å². The summed E-state index contributed by atoms with van der Waals surface area (Å²) in [5, 5.41) is 19.7. The van der Waals surface area contributed by atoms with Gasteiger partial charge in [0.25, 0.3) is 0 Å². The smallest absolute Gasteiger partial charge is 0.423 e. The molecule has 0 aliphatic heterocycles. The van der Waals surface area contributed by atoms with Crippen molar-refractivity contribution in [1.29, 1.82) is 0 Å². The zero-order chi connectivity index (χ0) is 9.97. The zero-order valence-electron chi connectivity index (χ0n) is 7.16. The highest BCUT2D eigenvalue weighted by atomic mass is 32.1. The third-order valence-corrected chi connectivity index (χ3v) is 2.72. The van der Waals surface area contributed by atoms with Gasteiger partial charge in [-0.3, -0.25) is 0 Å². The van der Waals surface area contributed by atoms with Gasteiger partial charge in [0.1, 0.15) is 6.33 Å². The second kappa shape index (κ2) is 3.87. The molecular weight excluding hydrogens is 199 g/mol. The number of rotatable bonds is 2. The molecule has 0 unspecified atom stereocenters. The lowest BCUT2D eigenvalue weighted by molar-refractivity contribution is 0.427. The lowest BCUT2D eigenvalue weighted by Crippen LogP contribution is -2.26. The Kier molecular flexibility index (Phi) is 2.58. The Balaban J connectivity index is 2.34. The van der Waals surface area contributed by atoms with Crippen LogP contribution in [0.5, 0.6) is 0 Å². The van der Waals surface area contributed by atoms with E-state index in [0.717, 1.165) is 11.3 Å². The molecule has 0 spiro atoms. The van der Waals surface area contributed by atoms with E-state index in [1.165, 1.54) is 17.7 Å². The van der Waals surface area contributed by atoms with Gasteiger partial charge in [0.2, 0.25) is 0 Å². The highest BCUT2D eigenvalue weighted by Gasteiger charge is 2.14. The molecule has 70 valence electrons.